The summed E-state index contributed by atoms with van der Waals surface area (Å²) < 4.78 is 11.4. The van der Waals surface area contributed by atoms with Gasteiger partial charge in [-0.05, 0) is 16.3 Å². The molecule has 1 aliphatic heterocycles. The van der Waals surface area contributed by atoms with Gasteiger partial charge in [0, 0.05) is 18.9 Å². The third kappa shape index (κ3) is 3.37. The van der Waals surface area contributed by atoms with E-state index >= 15 is 0 Å². The third-order valence-corrected chi connectivity index (χ3v) is 3.89. The molecule has 1 aliphatic rings. The van der Waals surface area contributed by atoms with E-state index in [0.717, 1.165) is 0 Å². The van der Waals surface area contributed by atoms with Crippen LogP contribution in [0.15, 0.2) is 42.5 Å². The van der Waals surface area contributed by atoms with Gasteiger partial charge in [-0.2, -0.15) is 0 Å². The molecule has 1 saturated heterocycles. The van der Waals surface area contributed by atoms with E-state index in [2.05, 4.69) is 35.6 Å². The van der Waals surface area contributed by atoms with Crippen molar-refractivity contribution in [3.8, 4) is 0 Å². The second kappa shape index (κ2) is 6.77. The van der Waals surface area contributed by atoms with Crippen LogP contribution in [0.2, 0.25) is 0 Å². The Morgan fingerprint density at radius 2 is 1.86 bits per heavy atom. The summed E-state index contributed by atoms with van der Waals surface area (Å²) in [5.41, 5.74) is 1.24. The van der Waals surface area contributed by atoms with Gasteiger partial charge < -0.3 is 19.9 Å². The second-order valence-corrected chi connectivity index (χ2v) is 5.38. The van der Waals surface area contributed by atoms with Gasteiger partial charge in [-0.15, -0.1) is 0 Å². The van der Waals surface area contributed by atoms with Gasteiger partial charge in [0.25, 0.3) is 0 Å². The number of hydrogen-bond acceptors (Lipinski definition) is 3. The Morgan fingerprint density at radius 1 is 1.14 bits per heavy atom. The summed E-state index contributed by atoms with van der Waals surface area (Å²) in [6.45, 7) is 1.51. The predicted octanol–water partition coefficient (Wildman–Crippen LogP) is 2.95. The lowest BCUT2D eigenvalue weighted by Gasteiger charge is -2.30. The summed E-state index contributed by atoms with van der Waals surface area (Å²) in [5, 5.41) is 13.3. The number of amides is 1. The molecule has 0 radical (unpaired) electrons. The van der Waals surface area contributed by atoms with E-state index < -0.39 is 6.09 Å². The van der Waals surface area contributed by atoms with Crippen molar-refractivity contribution in [1.29, 1.82) is 0 Å². The fraction of sp³-hybridized carbons (Fsp3) is 0.353. The van der Waals surface area contributed by atoms with Gasteiger partial charge in [0.15, 0.2) is 6.29 Å². The zero-order valence-corrected chi connectivity index (χ0v) is 12.2. The zero-order valence-electron chi connectivity index (χ0n) is 12.2. The summed E-state index contributed by atoms with van der Waals surface area (Å²) in [6.07, 6.45) is -0.836. The predicted molar refractivity (Wildman–Crippen MR) is 83.0 cm³/mol. The van der Waals surface area contributed by atoms with Crippen molar-refractivity contribution in [3.63, 3.8) is 0 Å². The molecule has 0 aliphatic carbocycles. The first kappa shape index (κ1) is 14.8. The van der Waals surface area contributed by atoms with Crippen molar-refractivity contribution in [2.24, 2.45) is 0 Å². The van der Waals surface area contributed by atoms with Gasteiger partial charge in [-0.3, -0.25) is 0 Å². The maximum absolute atomic E-state index is 10.4. The number of hydrogen-bond donors (Lipinski definition) is 2. The fourth-order valence-electron chi connectivity index (χ4n) is 2.79. The molecule has 2 N–H and O–H groups in total. The molecule has 5 nitrogen and oxygen atoms in total. The minimum atomic E-state index is -1.02. The van der Waals surface area contributed by atoms with Crippen LogP contribution >= 0.6 is 0 Å². The Bertz CT molecular complexity index is 645. The number of nitrogens with one attached hydrogen (secondary N) is 1. The van der Waals surface area contributed by atoms with Crippen LogP contribution in [-0.2, 0) is 9.47 Å². The Morgan fingerprint density at radius 3 is 2.64 bits per heavy atom. The molecule has 0 bridgehead atoms. The van der Waals surface area contributed by atoms with Crippen molar-refractivity contribution >= 4 is 16.9 Å². The second-order valence-electron chi connectivity index (χ2n) is 5.38. The lowest BCUT2D eigenvalue weighted by atomic mass is 9.94. The highest BCUT2D eigenvalue weighted by Crippen LogP contribution is 2.29. The van der Waals surface area contributed by atoms with Crippen molar-refractivity contribution < 1.29 is 19.4 Å². The van der Waals surface area contributed by atoms with Crippen LogP contribution in [0.1, 0.15) is 17.9 Å². The minimum Gasteiger partial charge on any atom is -0.465 e. The van der Waals surface area contributed by atoms with Gasteiger partial charge in [0.2, 0.25) is 0 Å². The number of benzene rings is 2. The average Bonchev–Trinajstić information content (AvgIpc) is 2.55. The maximum atomic E-state index is 10.4. The monoisotopic (exact) mass is 301 g/mol. The van der Waals surface area contributed by atoms with Crippen LogP contribution in [0, 0.1) is 0 Å². The SMILES string of the molecule is O=C(O)NCC[C@H]1OC[C@H](c2cccc3ccccc32)CO1. The Kier molecular flexibility index (Phi) is 4.56. The van der Waals surface area contributed by atoms with Crippen LogP contribution < -0.4 is 5.32 Å². The lowest BCUT2D eigenvalue weighted by molar-refractivity contribution is -0.188. The van der Waals surface area contributed by atoms with Crippen LogP contribution in [0.25, 0.3) is 10.8 Å². The van der Waals surface area contributed by atoms with E-state index in [9.17, 15) is 4.79 Å². The standard InChI is InChI=1S/C17H19NO4/c19-17(20)18-9-8-16-21-10-13(11-22-16)15-7-3-5-12-4-1-2-6-14(12)15/h1-7,13,16,18H,8-11H2,(H,19,20)/t13-,16-. The largest absolute Gasteiger partial charge is 0.465 e. The van der Waals surface area contributed by atoms with E-state index in [-0.39, 0.29) is 12.2 Å². The fourth-order valence-corrected chi connectivity index (χ4v) is 2.79. The number of carbonyl (C=O) groups is 1. The molecule has 0 aromatic heterocycles. The summed E-state index contributed by atoms with van der Waals surface area (Å²) in [4.78, 5) is 10.4. The molecule has 2 aromatic rings. The summed E-state index contributed by atoms with van der Waals surface area (Å²) in [5.74, 6) is 0.204. The van der Waals surface area contributed by atoms with Crippen LogP contribution in [0.4, 0.5) is 4.79 Å². The zero-order chi connectivity index (χ0) is 15.4. The van der Waals surface area contributed by atoms with Gasteiger partial charge in [0.1, 0.15) is 0 Å². The van der Waals surface area contributed by atoms with Gasteiger partial charge in [-0.25, -0.2) is 4.79 Å². The van der Waals surface area contributed by atoms with Gasteiger partial charge in [0.05, 0.1) is 13.2 Å². The van der Waals surface area contributed by atoms with Crippen molar-refractivity contribution in [3.05, 3.63) is 48.0 Å². The Hall–Kier alpha value is -2.11. The molecule has 3 rings (SSSR count). The third-order valence-electron chi connectivity index (χ3n) is 3.89. The van der Waals surface area contributed by atoms with Gasteiger partial charge >= 0.3 is 6.09 Å². The molecule has 1 amide bonds. The van der Waals surface area contributed by atoms with E-state index in [0.29, 0.717) is 26.2 Å². The van der Waals surface area contributed by atoms with Crippen molar-refractivity contribution in [2.75, 3.05) is 19.8 Å². The number of carboxylic acid groups (broad SMARTS) is 1. The minimum absolute atomic E-state index is 0.204. The summed E-state index contributed by atoms with van der Waals surface area (Å²) in [7, 11) is 0. The number of rotatable bonds is 4. The van der Waals surface area contributed by atoms with Crippen molar-refractivity contribution in [2.45, 2.75) is 18.6 Å². The highest BCUT2D eigenvalue weighted by Gasteiger charge is 2.24. The van der Waals surface area contributed by atoms with E-state index in [1.54, 1.807) is 0 Å². The first-order valence-electron chi connectivity index (χ1n) is 7.41. The molecule has 1 fully saturated rings. The summed E-state index contributed by atoms with van der Waals surface area (Å²) in [6, 6.07) is 14.6. The van der Waals surface area contributed by atoms with E-state index in [4.69, 9.17) is 14.6 Å². The molecular weight excluding hydrogens is 282 g/mol. The topological polar surface area (TPSA) is 67.8 Å². The maximum Gasteiger partial charge on any atom is 0.404 e. The van der Waals surface area contributed by atoms with Crippen LogP contribution in [0.5, 0.6) is 0 Å². The van der Waals surface area contributed by atoms with Crippen LogP contribution in [-0.4, -0.2) is 37.2 Å². The lowest BCUT2D eigenvalue weighted by Crippen LogP contribution is -2.34. The Labute approximate surface area is 128 Å². The number of ether oxygens (including phenoxy) is 2. The first-order valence-corrected chi connectivity index (χ1v) is 7.41. The highest BCUT2D eigenvalue weighted by molar-refractivity contribution is 5.86. The van der Waals surface area contributed by atoms with E-state index in [1.165, 1.54) is 16.3 Å². The normalized spacial score (nSPS) is 21.6. The smallest absolute Gasteiger partial charge is 0.404 e. The molecule has 0 unspecified atom stereocenters. The molecule has 0 saturated carbocycles. The Balaban J connectivity index is 1.62. The quantitative estimate of drug-likeness (QED) is 0.911. The highest BCUT2D eigenvalue weighted by atomic mass is 16.7. The molecule has 116 valence electrons. The molecule has 0 spiro atoms. The first-order chi connectivity index (χ1) is 10.7. The molecule has 22 heavy (non-hydrogen) atoms. The summed E-state index contributed by atoms with van der Waals surface area (Å²) >= 11 is 0. The van der Waals surface area contributed by atoms with Crippen LogP contribution in [0.3, 0.4) is 0 Å². The molecule has 0 atom stereocenters. The van der Waals surface area contributed by atoms with E-state index in [1.807, 2.05) is 12.1 Å². The van der Waals surface area contributed by atoms with Gasteiger partial charge in [-0.1, -0.05) is 42.5 Å². The average molecular weight is 301 g/mol. The number of fused-ring (bicyclic) bond motifs is 1. The van der Waals surface area contributed by atoms with Crippen molar-refractivity contribution in [1.82, 2.24) is 5.32 Å². The molecule has 5 heteroatoms. The molecule has 1 heterocycles. The molecule has 2 aromatic carbocycles. The molecular formula is C17H19NO4.